The van der Waals surface area contributed by atoms with Crippen molar-refractivity contribution in [1.29, 1.82) is 0 Å². The molecule has 2 heterocycles. The van der Waals surface area contributed by atoms with Crippen molar-refractivity contribution in [3.8, 4) is 0 Å². The number of nitrogens with one attached hydrogen (secondary N) is 2. The molecule has 0 aromatic heterocycles. The van der Waals surface area contributed by atoms with Crippen molar-refractivity contribution in [2.24, 2.45) is 5.10 Å². The predicted molar refractivity (Wildman–Crippen MR) is 79.9 cm³/mol. The molecule has 1 aromatic carbocycles. The van der Waals surface area contributed by atoms with Crippen LogP contribution in [0.3, 0.4) is 0 Å². The number of nitrogens with zero attached hydrogens (tertiary/aromatic N) is 1. The van der Waals surface area contributed by atoms with Crippen LogP contribution in [0.1, 0.15) is 24.0 Å². The number of cyclic esters (lactones) is 1. The first kappa shape index (κ1) is 16.6. The number of hydrazone groups is 1. The maximum Gasteiger partial charge on any atom is 0.428 e. The fourth-order valence-electron chi connectivity index (χ4n) is 2.60. The third-order valence-corrected chi connectivity index (χ3v) is 3.82. The lowest BCUT2D eigenvalue weighted by molar-refractivity contribution is -0.137. The molecule has 2 aliphatic rings. The van der Waals surface area contributed by atoms with Crippen LogP contribution < -0.4 is 10.7 Å². The van der Waals surface area contributed by atoms with E-state index in [1.165, 1.54) is 12.1 Å². The molecular weight excluding hydrogens is 327 g/mol. The van der Waals surface area contributed by atoms with Crippen molar-refractivity contribution >= 4 is 17.5 Å². The van der Waals surface area contributed by atoms with E-state index in [-0.39, 0.29) is 29.7 Å². The van der Waals surface area contributed by atoms with E-state index in [0.29, 0.717) is 13.2 Å². The molecular formula is C15H16F3N3O3. The summed E-state index contributed by atoms with van der Waals surface area (Å²) in [6.45, 7) is 0.789. The molecule has 2 aliphatic heterocycles. The number of ether oxygens (including phenoxy) is 2. The minimum Gasteiger partial charge on any atom is -0.442 e. The smallest absolute Gasteiger partial charge is 0.428 e. The highest BCUT2D eigenvalue weighted by molar-refractivity contribution is 6.04. The van der Waals surface area contributed by atoms with Gasteiger partial charge in [-0.05, 0) is 25.0 Å². The highest BCUT2D eigenvalue weighted by Gasteiger charge is 2.34. The van der Waals surface area contributed by atoms with Gasteiger partial charge in [-0.15, -0.1) is 0 Å². The van der Waals surface area contributed by atoms with Gasteiger partial charge in [-0.1, -0.05) is 6.07 Å². The summed E-state index contributed by atoms with van der Waals surface area (Å²) in [7, 11) is 0. The van der Waals surface area contributed by atoms with E-state index in [9.17, 15) is 18.0 Å². The van der Waals surface area contributed by atoms with Crippen molar-refractivity contribution in [1.82, 2.24) is 5.43 Å². The zero-order chi connectivity index (χ0) is 17.2. The molecule has 0 bridgehead atoms. The second kappa shape index (κ2) is 6.68. The summed E-state index contributed by atoms with van der Waals surface area (Å²) in [4.78, 5) is 10.9. The van der Waals surface area contributed by atoms with Crippen LogP contribution in [0.25, 0.3) is 0 Å². The van der Waals surface area contributed by atoms with Crippen LogP contribution in [0.2, 0.25) is 0 Å². The Labute approximate surface area is 136 Å². The largest absolute Gasteiger partial charge is 0.442 e. The number of halogens is 3. The average molecular weight is 343 g/mol. The van der Waals surface area contributed by atoms with Crippen LogP contribution >= 0.6 is 0 Å². The zero-order valence-corrected chi connectivity index (χ0v) is 12.7. The van der Waals surface area contributed by atoms with Crippen molar-refractivity contribution in [2.45, 2.75) is 25.1 Å². The van der Waals surface area contributed by atoms with Gasteiger partial charge in [0.15, 0.2) is 0 Å². The van der Waals surface area contributed by atoms with Gasteiger partial charge in [-0.3, -0.25) is 0 Å². The standard InChI is InChI=1S/C15H16F3N3O3/c16-15(17,18)11-6-9(13-8-24-14(22)21-20-13)3-4-12(11)19-7-10-2-1-5-23-10/h3-4,6,10,19H,1-2,5,7-8H2,(H,21,22)/t10-/m0/s1. The molecule has 24 heavy (non-hydrogen) atoms. The fraction of sp³-hybridized carbons (Fsp3) is 0.467. The SMILES string of the molecule is O=C1NN=C(c2ccc(NC[C@@H]3CCCO3)c(C(F)(F)F)c2)CO1. The van der Waals surface area contributed by atoms with Gasteiger partial charge in [0.1, 0.15) is 12.3 Å². The molecule has 0 unspecified atom stereocenters. The molecule has 1 amide bonds. The number of hydrogen-bond donors (Lipinski definition) is 2. The Morgan fingerprint density at radius 1 is 1.38 bits per heavy atom. The van der Waals surface area contributed by atoms with E-state index >= 15 is 0 Å². The van der Waals surface area contributed by atoms with Crippen molar-refractivity contribution in [3.05, 3.63) is 29.3 Å². The predicted octanol–water partition coefficient (Wildman–Crippen LogP) is 2.74. The minimum absolute atomic E-state index is 0.0110. The van der Waals surface area contributed by atoms with Crippen molar-refractivity contribution in [2.75, 3.05) is 25.1 Å². The topological polar surface area (TPSA) is 72.0 Å². The van der Waals surface area contributed by atoms with Crippen LogP contribution in [0.15, 0.2) is 23.3 Å². The van der Waals surface area contributed by atoms with E-state index in [1.54, 1.807) is 0 Å². The van der Waals surface area contributed by atoms with Crippen LogP contribution in [0.4, 0.5) is 23.7 Å². The zero-order valence-electron chi connectivity index (χ0n) is 12.7. The number of hydrogen-bond acceptors (Lipinski definition) is 5. The van der Waals surface area contributed by atoms with Gasteiger partial charge in [0.25, 0.3) is 0 Å². The normalized spacial score (nSPS) is 21.0. The first-order valence-corrected chi connectivity index (χ1v) is 7.50. The number of rotatable bonds is 4. The molecule has 9 heteroatoms. The maximum absolute atomic E-state index is 13.3. The fourth-order valence-corrected chi connectivity index (χ4v) is 2.60. The van der Waals surface area contributed by atoms with E-state index in [4.69, 9.17) is 9.47 Å². The van der Waals surface area contributed by atoms with Gasteiger partial charge in [0, 0.05) is 24.4 Å². The van der Waals surface area contributed by atoms with E-state index < -0.39 is 17.8 Å². The van der Waals surface area contributed by atoms with Crippen LogP contribution in [0, 0.1) is 0 Å². The van der Waals surface area contributed by atoms with E-state index in [1.807, 2.05) is 0 Å². The molecule has 1 fully saturated rings. The number of alkyl halides is 3. The lowest BCUT2D eigenvalue weighted by Crippen LogP contribution is -2.31. The minimum atomic E-state index is -4.52. The summed E-state index contributed by atoms with van der Waals surface area (Å²) in [6.07, 6.45) is -3.57. The summed E-state index contributed by atoms with van der Waals surface area (Å²) in [5.41, 5.74) is 1.74. The Bertz CT molecular complexity index is 655. The number of benzene rings is 1. The third kappa shape index (κ3) is 3.78. The first-order chi connectivity index (χ1) is 11.4. The van der Waals surface area contributed by atoms with Gasteiger partial charge in [0.2, 0.25) is 0 Å². The summed E-state index contributed by atoms with van der Waals surface area (Å²) < 4.78 is 50.2. The molecule has 130 valence electrons. The number of amides is 1. The summed E-state index contributed by atoms with van der Waals surface area (Å²) >= 11 is 0. The van der Waals surface area contributed by atoms with Gasteiger partial charge in [-0.25, -0.2) is 10.2 Å². The Hall–Kier alpha value is -2.29. The molecule has 1 saturated heterocycles. The highest BCUT2D eigenvalue weighted by atomic mass is 19.4. The second-order valence-electron chi connectivity index (χ2n) is 5.52. The highest BCUT2D eigenvalue weighted by Crippen LogP contribution is 2.36. The Balaban J connectivity index is 1.82. The van der Waals surface area contributed by atoms with Gasteiger partial charge in [0.05, 0.1) is 11.7 Å². The lowest BCUT2D eigenvalue weighted by atomic mass is 10.0. The first-order valence-electron chi connectivity index (χ1n) is 7.50. The summed E-state index contributed by atoms with van der Waals surface area (Å²) in [5, 5.41) is 6.54. The quantitative estimate of drug-likeness (QED) is 0.882. The van der Waals surface area contributed by atoms with Crippen LogP contribution in [-0.4, -0.2) is 37.7 Å². The van der Waals surface area contributed by atoms with Crippen molar-refractivity contribution in [3.63, 3.8) is 0 Å². The molecule has 0 spiro atoms. The molecule has 1 atom stereocenters. The van der Waals surface area contributed by atoms with Gasteiger partial charge in [-0.2, -0.15) is 18.3 Å². The van der Waals surface area contributed by atoms with Crippen molar-refractivity contribution < 1.29 is 27.4 Å². The third-order valence-electron chi connectivity index (χ3n) is 3.82. The summed E-state index contributed by atoms with van der Waals surface area (Å²) in [6, 6.07) is 3.86. The van der Waals surface area contributed by atoms with Gasteiger partial charge >= 0.3 is 12.3 Å². The lowest BCUT2D eigenvalue weighted by Gasteiger charge is -2.19. The number of anilines is 1. The average Bonchev–Trinajstić information content (AvgIpc) is 3.06. The molecule has 6 nitrogen and oxygen atoms in total. The number of carbonyl (C=O) groups excluding carboxylic acids is 1. The Morgan fingerprint density at radius 2 is 2.21 bits per heavy atom. The monoisotopic (exact) mass is 343 g/mol. The molecule has 0 radical (unpaired) electrons. The second-order valence-corrected chi connectivity index (χ2v) is 5.52. The molecule has 3 rings (SSSR count). The molecule has 2 N–H and O–H groups in total. The molecule has 1 aromatic rings. The number of carbonyl (C=O) groups is 1. The molecule has 0 saturated carbocycles. The van der Waals surface area contributed by atoms with E-state index in [2.05, 4.69) is 15.8 Å². The maximum atomic E-state index is 13.3. The van der Waals surface area contributed by atoms with Gasteiger partial charge < -0.3 is 14.8 Å². The molecule has 0 aliphatic carbocycles. The summed E-state index contributed by atoms with van der Waals surface area (Å²) in [5.74, 6) is 0. The Morgan fingerprint density at radius 3 is 2.83 bits per heavy atom. The van der Waals surface area contributed by atoms with E-state index in [0.717, 1.165) is 18.9 Å². The Kier molecular flexibility index (Phi) is 4.61. The van der Waals surface area contributed by atoms with Crippen LogP contribution in [-0.2, 0) is 15.7 Å². The van der Waals surface area contributed by atoms with Crippen LogP contribution in [0.5, 0.6) is 0 Å².